The van der Waals surface area contributed by atoms with Gasteiger partial charge >= 0.3 is 0 Å². The molecule has 0 bridgehead atoms. The first-order valence-electron chi connectivity index (χ1n) is 6.49. The number of hydrogen-bond donors (Lipinski definition) is 1. The Bertz CT molecular complexity index is 706. The molecule has 0 saturated carbocycles. The lowest BCUT2D eigenvalue weighted by Gasteiger charge is -2.14. The minimum Gasteiger partial charge on any atom is -0.295 e. The van der Waals surface area contributed by atoms with Crippen molar-refractivity contribution in [3.8, 4) is 0 Å². The highest BCUT2D eigenvalue weighted by atomic mass is 32.2. The summed E-state index contributed by atoms with van der Waals surface area (Å²) in [5.41, 5.74) is 0.485. The molecule has 0 saturated heterocycles. The maximum Gasteiger partial charge on any atom is 0.240 e. The Morgan fingerprint density at radius 3 is 2.52 bits per heavy atom. The van der Waals surface area contributed by atoms with Gasteiger partial charge in [-0.05, 0) is 32.0 Å². The highest BCUT2D eigenvalue weighted by molar-refractivity contribution is 7.89. The van der Waals surface area contributed by atoms with Gasteiger partial charge < -0.3 is 0 Å². The lowest BCUT2D eigenvalue weighted by Crippen LogP contribution is -2.35. The molecule has 0 aliphatic rings. The fourth-order valence-corrected chi connectivity index (χ4v) is 3.16. The second-order valence-corrected chi connectivity index (χ2v) is 6.54. The largest absolute Gasteiger partial charge is 0.295 e. The molecule has 0 aliphatic heterocycles. The van der Waals surface area contributed by atoms with E-state index in [0.29, 0.717) is 12.1 Å². The van der Waals surface area contributed by atoms with Crippen molar-refractivity contribution in [1.82, 2.24) is 14.5 Å². The van der Waals surface area contributed by atoms with E-state index < -0.39 is 10.0 Å². The Labute approximate surface area is 123 Å². The average Bonchev–Trinajstić information content (AvgIpc) is 2.90. The number of nitrogens with one attached hydrogen (secondary N) is 1. The minimum atomic E-state index is -3.61. The van der Waals surface area contributed by atoms with Gasteiger partial charge in [-0.1, -0.05) is 12.1 Å². The van der Waals surface area contributed by atoms with E-state index in [-0.39, 0.29) is 16.7 Å². The van der Waals surface area contributed by atoms with Gasteiger partial charge in [-0.2, -0.15) is 5.10 Å². The van der Waals surface area contributed by atoms with E-state index in [1.807, 2.05) is 0 Å². The van der Waals surface area contributed by atoms with Gasteiger partial charge in [-0.15, -0.1) is 0 Å². The average molecular weight is 307 g/mol. The second kappa shape index (κ2) is 6.19. The van der Waals surface area contributed by atoms with E-state index in [4.69, 9.17) is 0 Å². The SMILES string of the molecule is CC(=O)c1ccc(S(=O)(=O)N[C@@H](C)Cn2cccn2)cc1. The molecule has 1 N–H and O–H groups in total. The van der Waals surface area contributed by atoms with Crippen molar-refractivity contribution in [2.24, 2.45) is 0 Å². The highest BCUT2D eigenvalue weighted by Gasteiger charge is 2.17. The third-order valence-corrected chi connectivity index (χ3v) is 4.55. The molecule has 1 heterocycles. The number of nitrogens with zero attached hydrogens (tertiary/aromatic N) is 2. The summed E-state index contributed by atoms with van der Waals surface area (Å²) in [6, 6.07) is 7.35. The molecule has 1 aromatic heterocycles. The second-order valence-electron chi connectivity index (χ2n) is 4.83. The molecule has 21 heavy (non-hydrogen) atoms. The Hall–Kier alpha value is -1.99. The summed E-state index contributed by atoms with van der Waals surface area (Å²) >= 11 is 0. The van der Waals surface area contributed by atoms with Gasteiger partial charge in [0.05, 0.1) is 11.4 Å². The van der Waals surface area contributed by atoms with Gasteiger partial charge in [0.25, 0.3) is 0 Å². The van der Waals surface area contributed by atoms with Crippen LogP contribution >= 0.6 is 0 Å². The normalized spacial score (nSPS) is 13.0. The summed E-state index contributed by atoms with van der Waals surface area (Å²) < 4.78 is 28.7. The molecule has 0 spiro atoms. The number of carbonyl (C=O) groups excluding carboxylic acids is 1. The molecule has 1 aromatic carbocycles. The maximum atomic E-state index is 12.2. The van der Waals surface area contributed by atoms with Crippen LogP contribution in [0.25, 0.3) is 0 Å². The predicted octanol–water partition coefficient (Wildman–Crippen LogP) is 1.45. The number of hydrogen-bond acceptors (Lipinski definition) is 4. The van der Waals surface area contributed by atoms with Crippen molar-refractivity contribution < 1.29 is 13.2 Å². The van der Waals surface area contributed by atoms with E-state index in [1.165, 1.54) is 31.2 Å². The lowest BCUT2D eigenvalue weighted by atomic mass is 10.2. The van der Waals surface area contributed by atoms with Gasteiger partial charge in [-0.3, -0.25) is 9.48 Å². The van der Waals surface area contributed by atoms with Gasteiger partial charge in [-0.25, -0.2) is 13.1 Å². The number of aromatic nitrogens is 2. The Morgan fingerprint density at radius 1 is 1.33 bits per heavy atom. The molecule has 2 rings (SSSR count). The van der Waals surface area contributed by atoms with Crippen LogP contribution in [-0.2, 0) is 16.6 Å². The van der Waals surface area contributed by atoms with Crippen LogP contribution in [-0.4, -0.2) is 30.0 Å². The van der Waals surface area contributed by atoms with Gasteiger partial charge in [0.1, 0.15) is 0 Å². The standard InChI is InChI=1S/C14H17N3O3S/c1-11(10-17-9-3-8-15-17)16-21(19,20)14-6-4-13(5-7-14)12(2)18/h3-9,11,16H,10H2,1-2H3/t11-/m0/s1. The highest BCUT2D eigenvalue weighted by Crippen LogP contribution is 2.11. The molecule has 0 radical (unpaired) electrons. The van der Waals surface area contributed by atoms with Crippen LogP contribution < -0.4 is 4.72 Å². The van der Waals surface area contributed by atoms with Gasteiger partial charge in [0.15, 0.2) is 5.78 Å². The molecule has 6 nitrogen and oxygen atoms in total. The molecule has 0 aliphatic carbocycles. The van der Waals surface area contributed by atoms with E-state index in [9.17, 15) is 13.2 Å². The third kappa shape index (κ3) is 3.99. The van der Waals surface area contributed by atoms with Crippen LogP contribution in [0.4, 0.5) is 0 Å². The molecule has 7 heteroatoms. The smallest absolute Gasteiger partial charge is 0.240 e. The summed E-state index contributed by atoms with van der Waals surface area (Å²) in [4.78, 5) is 11.3. The molecule has 0 amide bonds. The van der Waals surface area contributed by atoms with Crippen molar-refractivity contribution in [3.63, 3.8) is 0 Å². The monoisotopic (exact) mass is 307 g/mol. The van der Waals surface area contributed by atoms with Crippen LogP contribution in [0.1, 0.15) is 24.2 Å². The quantitative estimate of drug-likeness (QED) is 0.819. The molecule has 0 unspecified atom stereocenters. The van der Waals surface area contributed by atoms with Crippen LogP contribution in [0.5, 0.6) is 0 Å². The lowest BCUT2D eigenvalue weighted by molar-refractivity contribution is 0.101. The van der Waals surface area contributed by atoms with E-state index >= 15 is 0 Å². The predicted molar refractivity (Wildman–Crippen MR) is 78.5 cm³/mol. The zero-order chi connectivity index (χ0) is 15.5. The Balaban J connectivity index is 2.08. The maximum absolute atomic E-state index is 12.2. The van der Waals surface area contributed by atoms with Crippen LogP contribution in [0, 0.1) is 0 Å². The first-order valence-corrected chi connectivity index (χ1v) is 7.97. The zero-order valence-electron chi connectivity index (χ0n) is 11.9. The van der Waals surface area contributed by atoms with Crippen LogP contribution in [0.3, 0.4) is 0 Å². The fourth-order valence-electron chi connectivity index (χ4n) is 1.93. The van der Waals surface area contributed by atoms with E-state index in [2.05, 4.69) is 9.82 Å². The summed E-state index contributed by atoms with van der Waals surface area (Å²) in [5, 5.41) is 4.03. The molecule has 2 aromatic rings. The molecular weight excluding hydrogens is 290 g/mol. The number of sulfonamides is 1. The molecule has 112 valence electrons. The Morgan fingerprint density at radius 2 is 2.00 bits per heavy atom. The Kier molecular flexibility index (Phi) is 4.54. The van der Waals surface area contributed by atoms with Crippen molar-refractivity contribution in [2.45, 2.75) is 31.3 Å². The van der Waals surface area contributed by atoms with Crippen molar-refractivity contribution in [2.75, 3.05) is 0 Å². The number of Topliss-reactive ketones (excluding diaryl/α,β-unsaturated/α-hetero) is 1. The molecule has 0 fully saturated rings. The molecular formula is C14H17N3O3S. The number of ketones is 1. The third-order valence-electron chi connectivity index (χ3n) is 2.95. The number of carbonyl (C=O) groups is 1. The van der Waals surface area contributed by atoms with E-state index in [1.54, 1.807) is 30.1 Å². The first-order chi connectivity index (χ1) is 9.88. The fraction of sp³-hybridized carbons (Fsp3) is 0.286. The minimum absolute atomic E-state index is 0.0982. The van der Waals surface area contributed by atoms with Gasteiger partial charge in [0, 0.05) is 24.0 Å². The van der Waals surface area contributed by atoms with Crippen molar-refractivity contribution in [1.29, 1.82) is 0 Å². The topological polar surface area (TPSA) is 81.1 Å². The number of rotatable bonds is 6. The summed E-state index contributed by atoms with van der Waals surface area (Å²) in [6.45, 7) is 3.65. The van der Waals surface area contributed by atoms with Crippen LogP contribution in [0.15, 0.2) is 47.6 Å². The van der Waals surface area contributed by atoms with Crippen LogP contribution in [0.2, 0.25) is 0 Å². The summed E-state index contributed by atoms with van der Waals surface area (Å²) in [6.07, 6.45) is 3.41. The van der Waals surface area contributed by atoms with Crippen molar-refractivity contribution >= 4 is 15.8 Å². The summed E-state index contributed by atoms with van der Waals surface area (Å²) in [7, 11) is -3.61. The first kappa shape index (κ1) is 15.4. The molecule has 1 atom stereocenters. The van der Waals surface area contributed by atoms with Gasteiger partial charge in [0.2, 0.25) is 10.0 Å². The number of benzene rings is 1. The zero-order valence-corrected chi connectivity index (χ0v) is 12.7. The summed E-state index contributed by atoms with van der Waals surface area (Å²) in [5.74, 6) is -0.0982. The van der Waals surface area contributed by atoms with Crippen molar-refractivity contribution in [3.05, 3.63) is 48.3 Å². The van der Waals surface area contributed by atoms with E-state index in [0.717, 1.165) is 0 Å².